The minimum absolute atomic E-state index is 0.0290. The molecular weight excluding hydrogens is 320 g/mol. The van der Waals surface area contributed by atoms with Crippen LogP contribution in [-0.4, -0.2) is 32.3 Å². The average molecular weight is 338 g/mol. The van der Waals surface area contributed by atoms with Crippen LogP contribution in [0.3, 0.4) is 0 Å². The van der Waals surface area contributed by atoms with Crippen LogP contribution in [0.25, 0.3) is 11.3 Å². The number of aromatic amines is 1. The van der Waals surface area contributed by atoms with Gasteiger partial charge in [0.1, 0.15) is 5.69 Å². The van der Waals surface area contributed by atoms with Crippen LogP contribution in [0, 0.1) is 6.92 Å². The van der Waals surface area contributed by atoms with E-state index >= 15 is 0 Å². The van der Waals surface area contributed by atoms with E-state index in [2.05, 4.69) is 15.0 Å². The van der Waals surface area contributed by atoms with Crippen LogP contribution >= 0.6 is 11.3 Å². The zero-order valence-corrected chi connectivity index (χ0v) is 14.2. The third-order valence-corrected chi connectivity index (χ3v) is 5.14. The standard InChI is InChI=1S/C18H18N4OS/c1-12-21-16(11-24-12)13-9-15(20-10-13)18(23)22-8-4-6-17(22)14-5-2-3-7-19-14/h2-3,5,7,9-11,17,20H,4,6,8H2,1H3. The highest BCUT2D eigenvalue weighted by molar-refractivity contribution is 7.09. The van der Waals surface area contributed by atoms with Crippen molar-refractivity contribution in [3.05, 3.63) is 58.4 Å². The molecule has 1 aliphatic heterocycles. The number of hydrogen-bond donors (Lipinski definition) is 1. The first-order chi connectivity index (χ1) is 11.7. The monoisotopic (exact) mass is 338 g/mol. The molecule has 3 aromatic heterocycles. The van der Waals surface area contributed by atoms with Gasteiger partial charge in [0, 0.05) is 29.9 Å². The molecule has 0 aromatic carbocycles. The molecule has 3 aromatic rings. The van der Waals surface area contributed by atoms with E-state index in [1.165, 1.54) is 0 Å². The van der Waals surface area contributed by atoms with Gasteiger partial charge in [-0.05, 0) is 38.0 Å². The Morgan fingerprint density at radius 2 is 2.33 bits per heavy atom. The van der Waals surface area contributed by atoms with Gasteiger partial charge in [-0.3, -0.25) is 9.78 Å². The van der Waals surface area contributed by atoms with Gasteiger partial charge in [0.2, 0.25) is 0 Å². The summed E-state index contributed by atoms with van der Waals surface area (Å²) in [6.07, 6.45) is 5.61. The van der Waals surface area contributed by atoms with E-state index in [4.69, 9.17) is 0 Å². The summed E-state index contributed by atoms with van der Waals surface area (Å²) < 4.78 is 0. The molecule has 1 unspecified atom stereocenters. The fourth-order valence-corrected chi connectivity index (χ4v) is 3.83. The van der Waals surface area contributed by atoms with E-state index in [0.29, 0.717) is 5.69 Å². The van der Waals surface area contributed by atoms with Crippen molar-refractivity contribution in [2.75, 3.05) is 6.54 Å². The highest BCUT2D eigenvalue weighted by Crippen LogP contribution is 2.32. The largest absolute Gasteiger partial charge is 0.357 e. The first kappa shape index (κ1) is 15.1. The van der Waals surface area contributed by atoms with Gasteiger partial charge < -0.3 is 9.88 Å². The molecule has 0 radical (unpaired) electrons. The Bertz CT molecular complexity index is 855. The summed E-state index contributed by atoms with van der Waals surface area (Å²) in [6.45, 7) is 2.75. The molecule has 1 amide bonds. The number of nitrogens with zero attached hydrogens (tertiary/aromatic N) is 3. The Kier molecular flexibility index (Phi) is 3.90. The summed E-state index contributed by atoms with van der Waals surface area (Å²) in [4.78, 5) is 26.9. The molecule has 0 aliphatic carbocycles. The van der Waals surface area contributed by atoms with E-state index in [0.717, 1.165) is 41.3 Å². The second kappa shape index (κ2) is 6.20. The molecule has 0 saturated carbocycles. The summed E-state index contributed by atoms with van der Waals surface area (Å²) in [5.74, 6) is 0.0290. The van der Waals surface area contributed by atoms with Crippen molar-refractivity contribution >= 4 is 17.2 Å². The number of thiazole rings is 1. The van der Waals surface area contributed by atoms with Gasteiger partial charge in [-0.1, -0.05) is 6.07 Å². The molecule has 1 aliphatic rings. The number of hydrogen-bond acceptors (Lipinski definition) is 4. The molecule has 4 rings (SSSR count). The molecule has 0 bridgehead atoms. The van der Waals surface area contributed by atoms with Gasteiger partial charge in [-0.25, -0.2) is 4.98 Å². The van der Waals surface area contributed by atoms with Gasteiger partial charge in [0.15, 0.2) is 0 Å². The fourth-order valence-electron chi connectivity index (χ4n) is 3.21. The zero-order valence-electron chi connectivity index (χ0n) is 13.4. The highest BCUT2D eigenvalue weighted by atomic mass is 32.1. The van der Waals surface area contributed by atoms with Crippen LogP contribution in [0.2, 0.25) is 0 Å². The Balaban J connectivity index is 1.58. The first-order valence-electron chi connectivity index (χ1n) is 8.05. The lowest BCUT2D eigenvalue weighted by molar-refractivity contribution is 0.0727. The molecule has 1 fully saturated rings. The number of pyridine rings is 1. The molecule has 6 heteroatoms. The third-order valence-electron chi connectivity index (χ3n) is 4.37. The van der Waals surface area contributed by atoms with Gasteiger partial charge in [0.05, 0.1) is 22.4 Å². The maximum Gasteiger partial charge on any atom is 0.270 e. The van der Waals surface area contributed by atoms with Crippen molar-refractivity contribution in [3.63, 3.8) is 0 Å². The summed E-state index contributed by atoms with van der Waals surface area (Å²) >= 11 is 1.61. The minimum atomic E-state index is 0.0290. The molecule has 1 saturated heterocycles. The summed E-state index contributed by atoms with van der Waals surface area (Å²) in [5, 5.41) is 3.04. The number of H-pyrrole nitrogens is 1. The molecular formula is C18H18N4OS. The quantitative estimate of drug-likeness (QED) is 0.790. The van der Waals surface area contributed by atoms with E-state index < -0.39 is 0 Å². The van der Waals surface area contributed by atoms with Crippen LogP contribution in [0.4, 0.5) is 0 Å². The first-order valence-corrected chi connectivity index (χ1v) is 8.93. The Labute approximate surface area is 144 Å². The molecule has 122 valence electrons. The Morgan fingerprint density at radius 1 is 1.42 bits per heavy atom. The SMILES string of the molecule is Cc1nc(-c2c[nH]c(C(=O)N3CCCC3c3ccccn3)c2)cs1. The van der Waals surface area contributed by atoms with Crippen LogP contribution < -0.4 is 0 Å². The van der Waals surface area contributed by atoms with Crippen LogP contribution in [0.15, 0.2) is 42.0 Å². The second-order valence-corrected chi connectivity index (χ2v) is 7.03. The van der Waals surface area contributed by atoms with Crippen LogP contribution in [0.5, 0.6) is 0 Å². The van der Waals surface area contributed by atoms with Crippen molar-refractivity contribution < 1.29 is 4.79 Å². The highest BCUT2D eigenvalue weighted by Gasteiger charge is 2.32. The number of carbonyl (C=O) groups is 1. The molecule has 0 spiro atoms. The molecule has 24 heavy (non-hydrogen) atoms. The lowest BCUT2D eigenvalue weighted by Gasteiger charge is -2.23. The lowest BCUT2D eigenvalue weighted by Crippen LogP contribution is -2.31. The van der Waals surface area contributed by atoms with Gasteiger partial charge in [0.25, 0.3) is 5.91 Å². The summed E-state index contributed by atoms with van der Waals surface area (Å²) in [5.41, 5.74) is 3.44. The maximum atomic E-state index is 12.9. The minimum Gasteiger partial charge on any atom is -0.357 e. The van der Waals surface area contributed by atoms with E-state index in [-0.39, 0.29) is 11.9 Å². The van der Waals surface area contributed by atoms with Crippen molar-refractivity contribution in [2.24, 2.45) is 0 Å². The number of aromatic nitrogens is 3. The lowest BCUT2D eigenvalue weighted by atomic mass is 10.1. The van der Waals surface area contributed by atoms with Crippen LogP contribution in [-0.2, 0) is 0 Å². The second-order valence-electron chi connectivity index (χ2n) is 5.96. The number of likely N-dealkylation sites (tertiary alicyclic amines) is 1. The smallest absolute Gasteiger partial charge is 0.270 e. The molecule has 4 heterocycles. The number of rotatable bonds is 3. The maximum absolute atomic E-state index is 12.9. The van der Waals surface area contributed by atoms with Crippen molar-refractivity contribution in [1.29, 1.82) is 0 Å². The Hall–Kier alpha value is -2.47. The zero-order chi connectivity index (χ0) is 16.5. The average Bonchev–Trinajstić information content (AvgIpc) is 3.35. The van der Waals surface area contributed by atoms with Gasteiger partial charge in [-0.15, -0.1) is 11.3 Å². The molecule has 5 nitrogen and oxygen atoms in total. The predicted octanol–water partition coefficient (Wildman–Crippen LogP) is 3.82. The van der Waals surface area contributed by atoms with Crippen LogP contribution in [0.1, 0.15) is 40.1 Å². The third kappa shape index (κ3) is 2.73. The molecule has 1 atom stereocenters. The summed E-state index contributed by atoms with van der Waals surface area (Å²) in [6, 6.07) is 7.82. The van der Waals surface area contributed by atoms with Crippen molar-refractivity contribution in [2.45, 2.75) is 25.8 Å². The number of carbonyl (C=O) groups excluding carboxylic acids is 1. The van der Waals surface area contributed by atoms with E-state index in [1.807, 2.05) is 47.7 Å². The van der Waals surface area contributed by atoms with Crippen molar-refractivity contribution in [1.82, 2.24) is 19.9 Å². The normalized spacial score (nSPS) is 17.4. The number of aryl methyl sites for hydroxylation is 1. The number of nitrogens with one attached hydrogen (secondary N) is 1. The topological polar surface area (TPSA) is 61.9 Å². The molecule has 1 N–H and O–H groups in total. The van der Waals surface area contributed by atoms with Gasteiger partial charge >= 0.3 is 0 Å². The van der Waals surface area contributed by atoms with Crippen molar-refractivity contribution in [3.8, 4) is 11.3 Å². The van der Waals surface area contributed by atoms with E-state index in [9.17, 15) is 4.79 Å². The predicted molar refractivity (Wildman–Crippen MR) is 93.9 cm³/mol. The van der Waals surface area contributed by atoms with Gasteiger partial charge in [-0.2, -0.15) is 0 Å². The summed E-state index contributed by atoms with van der Waals surface area (Å²) in [7, 11) is 0. The fraction of sp³-hybridized carbons (Fsp3) is 0.278. The van der Waals surface area contributed by atoms with E-state index in [1.54, 1.807) is 17.5 Å². The Morgan fingerprint density at radius 3 is 3.08 bits per heavy atom. The number of amides is 1.